The standard InChI is InChI=1S/C20H30N6O/c21-12-15-5-2-1-4-14(15)10-17-18-11-19(25-8-3-6-16(22)13-25)24-20(27)26(18)9-7-23-17/h1-2,4-5,11,16-18,23H,3,6-10,12-13,21-22H2,(H,24,27). The van der Waals surface area contributed by atoms with E-state index in [1.165, 1.54) is 11.1 Å². The predicted molar refractivity (Wildman–Crippen MR) is 106 cm³/mol. The summed E-state index contributed by atoms with van der Waals surface area (Å²) >= 11 is 0. The molecule has 4 rings (SSSR count). The highest BCUT2D eigenvalue weighted by Crippen LogP contribution is 2.24. The van der Waals surface area contributed by atoms with E-state index in [0.717, 1.165) is 51.3 Å². The Morgan fingerprint density at radius 3 is 2.78 bits per heavy atom. The van der Waals surface area contributed by atoms with Crippen molar-refractivity contribution in [2.45, 2.75) is 43.9 Å². The number of piperidine rings is 1. The molecule has 0 spiro atoms. The highest BCUT2D eigenvalue weighted by atomic mass is 16.2. The minimum atomic E-state index is -0.00439. The van der Waals surface area contributed by atoms with E-state index < -0.39 is 0 Å². The number of likely N-dealkylation sites (tertiary alicyclic amines) is 1. The molecule has 0 aromatic heterocycles. The first kappa shape index (κ1) is 18.3. The fourth-order valence-corrected chi connectivity index (χ4v) is 4.48. The number of amides is 2. The minimum absolute atomic E-state index is 0.00439. The molecule has 2 fully saturated rings. The van der Waals surface area contributed by atoms with Crippen LogP contribution in [-0.4, -0.2) is 60.1 Å². The van der Waals surface area contributed by atoms with Crippen LogP contribution in [-0.2, 0) is 13.0 Å². The lowest BCUT2D eigenvalue weighted by molar-refractivity contribution is 0.135. The maximum Gasteiger partial charge on any atom is 0.323 e. The molecule has 0 bridgehead atoms. The van der Waals surface area contributed by atoms with Crippen LogP contribution in [0.15, 0.2) is 36.2 Å². The van der Waals surface area contributed by atoms with E-state index in [-0.39, 0.29) is 24.2 Å². The number of carbonyl (C=O) groups excluding carboxylic acids is 1. The Labute approximate surface area is 160 Å². The number of rotatable bonds is 4. The fourth-order valence-electron chi connectivity index (χ4n) is 4.48. The van der Waals surface area contributed by atoms with E-state index in [4.69, 9.17) is 11.5 Å². The zero-order valence-electron chi connectivity index (χ0n) is 15.7. The molecular formula is C20H30N6O. The Morgan fingerprint density at radius 2 is 2.00 bits per heavy atom. The Balaban J connectivity index is 1.58. The molecule has 3 unspecified atom stereocenters. The van der Waals surface area contributed by atoms with Gasteiger partial charge in [-0.05, 0) is 36.5 Å². The first-order chi connectivity index (χ1) is 13.2. The van der Waals surface area contributed by atoms with Gasteiger partial charge in [0.2, 0.25) is 0 Å². The number of piperazine rings is 1. The summed E-state index contributed by atoms with van der Waals surface area (Å²) in [6.45, 7) is 3.80. The number of hydrogen-bond acceptors (Lipinski definition) is 5. The summed E-state index contributed by atoms with van der Waals surface area (Å²) in [5, 5.41) is 6.70. The molecule has 0 saturated carbocycles. The molecule has 0 radical (unpaired) electrons. The summed E-state index contributed by atoms with van der Waals surface area (Å²) in [5.74, 6) is 0.914. The summed E-state index contributed by atoms with van der Waals surface area (Å²) < 4.78 is 0. The van der Waals surface area contributed by atoms with Gasteiger partial charge in [-0.3, -0.25) is 5.32 Å². The first-order valence-corrected chi connectivity index (χ1v) is 9.96. The van der Waals surface area contributed by atoms with Crippen molar-refractivity contribution in [3.05, 3.63) is 47.3 Å². The van der Waals surface area contributed by atoms with Crippen LogP contribution in [0.3, 0.4) is 0 Å². The van der Waals surface area contributed by atoms with Crippen molar-refractivity contribution in [2.75, 3.05) is 26.2 Å². The van der Waals surface area contributed by atoms with E-state index in [1.807, 2.05) is 11.0 Å². The molecule has 7 heteroatoms. The van der Waals surface area contributed by atoms with Crippen LogP contribution in [0.2, 0.25) is 0 Å². The average molecular weight is 371 g/mol. The third-order valence-corrected chi connectivity index (χ3v) is 5.93. The summed E-state index contributed by atoms with van der Waals surface area (Å²) in [6.07, 6.45) is 5.17. The lowest BCUT2D eigenvalue weighted by atomic mass is 9.92. The molecule has 3 aliphatic heterocycles. The molecule has 1 aromatic rings. The summed E-state index contributed by atoms with van der Waals surface area (Å²) in [4.78, 5) is 16.9. The Kier molecular flexibility index (Phi) is 5.33. The Bertz CT molecular complexity index is 720. The summed E-state index contributed by atoms with van der Waals surface area (Å²) in [5.41, 5.74) is 14.5. The molecule has 3 atom stereocenters. The molecule has 27 heavy (non-hydrogen) atoms. The van der Waals surface area contributed by atoms with Crippen LogP contribution in [0.25, 0.3) is 0 Å². The highest BCUT2D eigenvalue weighted by molar-refractivity contribution is 5.78. The number of nitrogens with two attached hydrogens (primary N) is 2. The van der Waals surface area contributed by atoms with E-state index >= 15 is 0 Å². The van der Waals surface area contributed by atoms with Gasteiger partial charge >= 0.3 is 6.03 Å². The Morgan fingerprint density at radius 1 is 1.19 bits per heavy atom. The molecular weight excluding hydrogens is 340 g/mol. The number of nitrogens with one attached hydrogen (secondary N) is 2. The van der Waals surface area contributed by atoms with E-state index in [9.17, 15) is 4.79 Å². The number of nitrogens with zero attached hydrogens (tertiary/aromatic N) is 2. The monoisotopic (exact) mass is 370 g/mol. The zero-order chi connectivity index (χ0) is 18.8. The number of hydrogen-bond donors (Lipinski definition) is 4. The molecule has 3 heterocycles. The lowest BCUT2D eigenvalue weighted by Gasteiger charge is -2.46. The van der Waals surface area contributed by atoms with Crippen LogP contribution in [0.4, 0.5) is 4.79 Å². The zero-order valence-corrected chi connectivity index (χ0v) is 15.7. The molecule has 146 valence electrons. The average Bonchev–Trinajstić information content (AvgIpc) is 2.69. The third kappa shape index (κ3) is 3.81. The predicted octanol–water partition coefficient (Wildman–Crippen LogP) is 0.318. The minimum Gasteiger partial charge on any atom is -0.357 e. The largest absolute Gasteiger partial charge is 0.357 e. The van der Waals surface area contributed by atoms with E-state index in [2.05, 4.69) is 39.8 Å². The molecule has 2 saturated heterocycles. The molecule has 2 amide bonds. The number of benzene rings is 1. The normalized spacial score (nSPS) is 28.4. The van der Waals surface area contributed by atoms with Crippen LogP contribution in [0.1, 0.15) is 24.0 Å². The highest BCUT2D eigenvalue weighted by Gasteiger charge is 2.38. The van der Waals surface area contributed by atoms with Crippen LogP contribution in [0.5, 0.6) is 0 Å². The molecule has 6 N–H and O–H groups in total. The number of fused-ring (bicyclic) bond motifs is 1. The number of urea groups is 1. The van der Waals surface area contributed by atoms with Gasteiger partial charge in [-0.2, -0.15) is 0 Å². The quantitative estimate of drug-likeness (QED) is 0.612. The SMILES string of the molecule is NCc1ccccc1CC1NCCN2C(=O)NC(N3CCCC(N)C3)=CC12. The van der Waals surface area contributed by atoms with Crippen LogP contribution < -0.4 is 22.1 Å². The van der Waals surface area contributed by atoms with Gasteiger partial charge in [0.1, 0.15) is 5.82 Å². The van der Waals surface area contributed by atoms with Crippen molar-refractivity contribution in [2.24, 2.45) is 11.5 Å². The van der Waals surface area contributed by atoms with Crippen molar-refractivity contribution in [3.63, 3.8) is 0 Å². The topological polar surface area (TPSA) is 99.6 Å². The summed E-state index contributed by atoms with van der Waals surface area (Å²) in [6, 6.07) is 8.68. The molecule has 0 aliphatic carbocycles. The van der Waals surface area contributed by atoms with Gasteiger partial charge in [-0.1, -0.05) is 24.3 Å². The smallest absolute Gasteiger partial charge is 0.323 e. The fraction of sp³-hybridized carbons (Fsp3) is 0.550. The summed E-state index contributed by atoms with van der Waals surface area (Å²) in [7, 11) is 0. The lowest BCUT2D eigenvalue weighted by Crippen LogP contribution is -2.64. The van der Waals surface area contributed by atoms with E-state index in [0.29, 0.717) is 6.54 Å². The van der Waals surface area contributed by atoms with Gasteiger partial charge in [0.05, 0.1) is 6.04 Å². The van der Waals surface area contributed by atoms with Gasteiger partial charge in [0.15, 0.2) is 0 Å². The van der Waals surface area contributed by atoms with Gasteiger partial charge < -0.3 is 26.6 Å². The van der Waals surface area contributed by atoms with Crippen molar-refractivity contribution >= 4 is 6.03 Å². The number of carbonyl (C=O) groups is 1. The maximum absolute atomic E-state index is 12.8. The maximum atomic E-state index is 12.8. The Hall–Kier alpha value is -2.09. The second kappa shape index (κ2) is 7.88. The van der Waals surface area contributed by atoms with Gasteiger partial charge in [-0.15, -0.1) is 0 Å². The second-order valence-corrected chi connectivity index (χ2v) is 7.75. The van der Waals surface area contributed by atoms with E-state index in [1.54, 1.807) is 0 Å². The first-order valence-electron chi connectivity index (χ1n) is 9.96. The van der Waals surface area contributed by atoms with Crippen LogP contribution >= 0.6 is 0 Å². The molecule has 3 aliphatic rings. The van der Waals surface area contributed by atoms with Crippen LogP contribution in [0, 0.1) is 0 Å². The van der Waals surface area contributed by atoms with Crippen molar-refractivity contribution in [1.29, 1.82) is 0 Å². The second-order valence-electron chi connectivity index (χ2n) is 7.75. The van der Waals surface area contributed by atoms with Gasteiger partial charge in [-0.25, -0.2) is 4.79 Å². The van der Waals surface area contributed by atoms with Gasteiger partial charge in [0, 0.05) is 44.8 Å². The molecule has 7 nitrogen and oxygen atoms in total. The third-order valence-electron chi connectivity index (χ3n) is 5.93. The van der Waals surface area contributed by atoms with Crippen molar-refractivity contribution < 1.29 is 4.79 Å². The van der Waals surface area contributed by atoms with Gasteiger partial charge in [0.25, 0.3) is 0 Å². The molecule has 1 aromatic carbocycles. The van der Waals surface area contributed by atoms with Crippen molar-refractivity contribution in [1.82, 2.24) is 20.4 Å². The van der Waals surface area contributed by atoms with Crippen molar-refractivity contribution in [3.8, 4) is 0 Å².